The first-order chi connectivity index (χ1) is 11.8. The fourth-order valence-electron chi connectivity index (χ4n) is 2.97. The molecule has 1 aliphatic heterocycles. The summed E-state index contributed by atoms with van der Waals surface area (Å²) in [6.07, 6.45) is 4.24. The molecule has 138 valence electrons. The highest BCUT2D eigenvalue weighted by Crippen LogP contribution is 2.32. The van der Waals surface area contributed by atoms with Crippen LogP contribution in [0.1, 0.15) is 31.4 Å². The Morgan fingerprint density at radius 2 is 2.04 bits per heavy atom. The summed E-state index contributed by atoms with van der Waals surface area (Å²) in [4.78, 5) is 14.5. The van der Waals surface area contributed by atoms with Gasteiger partial charge in [-0.25, -0.2) is 13.2 Å². The predicted molar refractivity (Wildman–Crippen MR) is 97.9 cm³/mol. The number of nitrogens with one attached hydrogen (secondary N) is 1. The number of urea groups is 1. The molecule has 1 aromatic rings. The van der Waals surface area contributed by atoms with Crippen molar-refractivity contribution in [2.45, 2.75) is 38.0 Å². The quantitative estimate of drug-likeness (QED) is 0.869. The SMILES string of the molecule is CO[C@@H]1CCN(C(=O)N[C@@H](C)/C=C/S(C)(=O)=O)[C@H](c2ccccc2)C1. The van der Waals surface area contributed by atoms with Gasteiger partial charge in [0.2, 0.25) is 0 Å². The maximum absolute atomic E-state index is 12.7. The third-order valence-electron chi connectivity index (χ3n) is 4.30. The molecule has 0 unspecified atom stereocenters. The van der Waals surface area contributed by atoms with Crippen molar-refractivity contribution >= 4 is 15.9 Å². The summed E-state index contributed by atoms with van der Waals surface area (Å²) in [5.41, 5.74) is 1.07. The van der Waals surface area contributed by atoms with E-state index < -0.39 is 9.84 Å². The lowest BCUT2D eigenvalue weighted by molar-refractivity contribution is 0.0242. The number of ether oxygens (including phenoxy) is 1. The van der Waals surface area contributed by atoms with Gasteiger partial charge in [-0.05, 0) is 25.3 Å². The van der Waals surface area contributed by atoms with E-state index in [4.69, 9.17) is 4.74 Å². The van der Waals surface area contributed by atoms with Crippen molar-refractivity contribution in [1.82, 2.24) is 10.2 Å². The summed E-state index contributed by atoms with van der Waals surface area (Å²) >= 11 is 0. The van der Waals surface area contributed by atoms with Crippen molar-refractivity contribution in [2.24, 2.45) is 0 Å². The number of carbonyl (C=O) groups excluding carboxylic acids is 1. The summed E-state index contributed by atoms with van der Waals surface area (Å²) in [5.74, 6) is 0. The Morgan fingerprint density at radius 1 is 1.36 bits per heavy atom. The topological polar surface area (TPSA) is 75.7 Å². The summed E-state index contributed by atoms with van der Waals surface area (Å²) in [6, 6.07) is 9.24. The van der Waals surface area contributed by atoms with Gasteiger partial charge in [0.15, 0.2) is 9.84 Å². The van der Waals surface area contributed by atoms with E-state index >= 15 is 0 Å². The number of piperidine rings is 1. The minimum absolute atomic E-state index is 0.0639. The zero-order valence-corrected chi connectivity index (χ0v) is 15.7. The Kier molecular flexibility index (Phi) is 6.61. The standard InChI is InChI=1S/C18H26N2O4S/c1-14(10-12-25(3,22)23)19-18(21)20-11-9-16(24-2)13-17(20)15-7-5-4-6-8-15/h4-8,10,12,14,16-17H,9,11,13H2,1-3H3,(H,19,21)/b12-10+/t14-,16+,17-/m0/s1. The van der Waals surface area contributed by atoms with E-state index in [-0.39, 0.29) is 24.2 Å². The van der Waals surface area contributed by atoms with Crippen LogP contribution in [-0.2, 0) is 14.6 Å². The van der Waals surface area contributed by atoms with Crippen LogP contribution in [0.2, 0.25) is 0 Å². The van der Waals surface area contributed by atoms with E-state index in [2.05, 4.69) is 5.32 Å². The van der Waals surface area contributed by atoms with Gasteiger partial charge in [0.05, 0.1) is 12.1 Å². The van der Waals surface area contributed by atoms with Crippen molar-refractivity contribution < 1.29 is 17.9 Å². The van der Waals surface area contributed by atoms with Crippen molar-refractivity contribution in [3.05, 3.63) is 47.4 Å². The first kappa shape index (κ1) is 19.5. The third-order valence-corrected chi connectivity index (χ3v) is 4.95. The summed E-state index contributed by atoms with van der Waals surface area (Å²) in [6.45, 7) is 2.34. The van der Waals surface area contributed by atoms with E-state index in [1.807, 2.05) is 30.3 Å². The first-order valence-electron chi connectivity index (χ1n) is 8.33. The van der Waals surface area contributed by atoms with Crippen molar-refractivity contribution in [1.29, 1.82) is 0 Å². The Bertz CT molecular complexity index is 703. The summed E-state index contributed by atoms with van der Waals surface area (Å²) < 4.78 is 27.9. The maximum atomic E-state index is 12.7. The van der Waals surface area contributed by atoms with Crippen LogP contribution in [-0.4, -0.2) is 51.4 Å². The number of benzene rings is 1. The van der Waals surface area contributed by atoms with Crippen molar-refractivity contribution in [2.75, 3.05) is 19.9 Å². The smallest absolute Gasteiger partial charge is 0.318 e. The monoisotopic (exact) mass is 366 g/mol. The zero-order chi connectivity index (χ0) is 18.4. The van der Waals surface area contributed by atoms with Gasteiger partial charge in [-0.1, -0.05) is 36.4 Å². The average Bonchev–Trinajstić information content (AvgIpc) is 2.59. The summed E-state index contributed by atoms with van der Waals surface area (Å²) in [7, 11) is -1.51. The van der Waals surface area contributed by atoms with Gasteiger partial charge >= 0.3 is 6.03 Å². The second kappa shape index (κ2) is 8.49. The molecule has 1 heterocycles. The minimum atomic E-state index is -3.21. The normalized spacial score (nSPS) is 22.8. The van der Waals surface area contributed by atoms with Gasteiger partial charge in [0, 0.05) is 31.4 Å². The molecule has 2 amide bonds. The van der Waals surface area contributed by atoms with Crippen LogP contribution < -0.4 is 5.32 Å². The van der Waals surface area contributed by atoms with Crippen LogP contribution in [0.5, 0.6) is 0 Å². The van der Waals surface area contributed by atoms with Crippen LogP contribution in [0, 0.1) is 0 Å². The lowest BCUT2D eigenvalue weighted by Gasteiger charge is -2.39. The highest BCUT2D eigenvalue weighted by atomic mass is 32.2. The van der Waals surface area contributed by atoms with Crippen LogP contribution in [0.4, 0.5) is 4.79 Å². The second-order valence-corrected chi connectivity index (χ2v) is 8.33. The fraction of sp³-hybridized carbons (Fsp3) is 0.500. The number of nitrogens with zero attached hydrogens (tertiary/aromatic N) is 1. The Balaban J connectivity index is 2.11. The van der Waals surface area contributed by atoms with Gasteiger partial charge in [0.25, 0.3) is 0 Å². The van der Waals surface area contributed by atoms with Crippen LogP contribution in [0.25, 0.3) is 0 Å². The number of likely N-dealkylation sites (tertiary alicyclic amines) is 1. The lowest BCUT2D eigenvalue weighted by atomic mass is 9.93. The largest absolute Gasteiger partial charge is 0.381 e. The van der Waals surface area contributed by atoms with Gasteiger partial charge in [0.1, 0.15) is 0 Å². The van der Waals surface area contributed by atoms with E-state index in [9.17, 15) is 13.2 Å². The molecule has 0 bridgehead atoms. The lowest BCUT2D eigenvalue weighted by Crippen LogP contribution is -2.49. The molecule has 0 saturated carbocycles. The highest BCUT2D eigenvalue weighted by Gasteiger charge is 2.32. The number of hydrogen-bond acceptors (Lipinski definition) is 4. The molecule has 2 rings (SSSR count). The molecule has 25 heavy (non-hydrogen) atoms. The van der Waals surface area contributed by atoms with Gasteiger partial charge in [-0.15, -0.1) is 0 Å². The molecule has 0 radical (unpaired) electrons. The van der Waals surface area contributed by atoms with Gasteiger partial charge < -0.3 is 15.0 Å². The number of amides is 2. The van der Waals surface area contributed by atoms with Crippen LogP contribution >= 0.6 is 0 Å². The van der Waals surface area contributed by atoms with E-state index in [1.54, 1.807) is 18.9 Å². The number of hydrogen-bond donors (Lipinski definition) is 1. The van der Waals surface area contributed by atoms with E-state index in [0.717, 1.165) is 30.1 Å². The summed E-state index contributed by atoms with van der Waals surface area (Å²) in [5, 5.41) is 3.96. The molecule has 1 N–H and O–H groups in total. The molecule has 1 aromatic carbocycles. The number of methoxy groups -OCH3 is 1. The number of rotatable bonds is 5. The Morgan fingerprint density at radius 3 is 2.64 bits per heavy atom. The molecule has 3 atom stereocenters. The zero-order valence-electron chi connectivity index (χ0n) is 14.9. The Labute approximate surface area is 149 Å². The molecular formula is C18H26N2O4S. The number of sulfone groups is 1. The first-order valence-corrected chi connectivity index (χ1v) is 10.3. The molecule has 1 aliphatic rings. The van der Waals surface area contributed by atoms with E-state index in [0.29, 0.717) is 6.54 Å². The minimum Gasteiger partial charge on any atom is -0.381 e. The van der Waals surface area contributed by atoms with Crippen LogP contribution in [0.3, 0.4) is 0 Å². The second-order valence-electron chi connectivity index (χ2n) is 6.40. The molecule has 6 nitrogen and oxygen atoms in total. The van der Waals surface area contributed by atoms with Crippen molar-refractivity contribution in [3.8, 4) is 0 Å². The maximum Gasteiger partial charge on any atom is 0.318 e. The Hall–Kier alpha value is -1.86. The molecular weight excluding hydrogens is 340 g/mol. The third kappa shape index (κ3) is 5.86. The molecule has 0 spiro atoms. The predicted octanol–water partition coefficient (Wildman–Crippen LogP) is 2.49. The molecule has 0 aliphatic carbocycles. The van der Waals surface area contributed by atoms with Gasteiger partial charge in [-0.3, -0.25) is 0 Å². The van der Waals surface area contributed by atoms with Crippen LogP contribution in [0.15, 0.2) is 41.8 Å². The molecule has 0 aromatic heterocycles. The van der Waals surface area contributed by atoms with Gasteiger partial charge in [-0.2, -0.15) is 0 Å². The average molecular weight is 366 g/mol. The molecule has 7 heteroatoms. The van der Waals surface area contributed by atoms with E-state index in [1.165, 1.54) is 6.08 Å². The number of carbonyl (C=O) groups is 1. The highest BCUT2D eigenvalue weighted by molar-refractivity contribution is 7.93. The fourth-order valence-corrected chi connectivity index (χ4v) is 3.49. The van der Waals surface area contributed by atoms with Crippen molar-refractivity contribution in [3.63, 3.8) is 0 Å². The molecule has 1 saturated heterocycles. The molecule has 1 fully saturated rings.